The highest BCUT2D eigenvalue weighted by Gasteiger charge is 2.26. The highest BCUT2D eigenvalue weighted by Crippen LogP contribution is 2.30. The maximum absolute atomic E-state index is 12.5. The third kappa shape index (κ3) is 2.22. The third-order valence-corrected chi connectivity index (χ3v) is 1.72. The average Bonchev–Trinajstić information content (AvgIpc) is 2.17. The van der Waals surface area contributed by atoms with Crippen molar-refractivity contribution < 1.29 is 13.7 Å². The number of nitrogens with zero attached hydrogens (tertiary/aromatic N) is 3. The molecule has 0 fully saturated rings. The molecule has 0 aliphatic rings. The molecular weight excluding hydrogens is 208 g/mol. The van der Waals surface area contributed by atoms with Gasteiger partial charge in [-0.3, -0.25) is 0 Å². The van der Waals surface area contributed by atoms with E-state index in [9.17, 15) is 18.9 Å². The molecule has 0 spiro atoms. The van der Waals surface area contributed by atoms with E-state index in [-0.39, 0.29) is 12.0 Å². The Hall–Kier alpha value is -2.10. The molecule has 0 bridgehead atoms. The molecule has 0 unspecified atom stereocenters. The maximum Gasteiger partial charge on any atom is 0.372 e. The Kier molecular flexibility index (Phi) is 3.23. The number of aromatic nitrogens is 1. The van der Waals surface area contributed by atoms with E-state index in [1.165, 1.54) is 6.07 Å². The van der Waals surface area contributed by atoms with Crippen molar-refractivity contribution in [2.75, 3.05) is 0 Å². The molecule has 0 saturated carbocycles. The molecule has 0 aliphatic heterocycles. The number of pyridine rings is 1. The monoisotopic (exact) mass is 213 g/mol. The molecule has 15 heavy (non-hydrogen) atoms. The second kappa shape index (κ2) is 4.41. The van der Waals surface area contributed by atoms with Crippen LogP contribution in [0.4, 0.5) is 14.6 Å². The van der Waals surface area contributed by atoms with E-state index in [2.05, 4.69) is 4.98 Å². The Labute approximate surface area is 83.1 Å². The normalized spacial score (nSPS) is 10.0. The predicted octanol–water partition coefficient (Wildman–Crippen LogP) is 1.99. The molecule has 78 valence electrons. The van der Waals surface area contributed by atoms with E-state index in [0.29, 0.717) is 0 Å². The summed E-state index contributed by atoms with van der Waals surface area (Å²) >= 11 is 0. The zero-order chi connectivity index (χ0) is 11.4. The van der Waals surface area contributed by atoms with Crippen LogP contribution in [0.25, 0.3) is 0 Å². The van der Waals surface area contributed by atoms with Crippen LogP contribution in [0.5, 0.6) is 0 Å². The van der Waals surface area contributed by atoms with Gasteiger partial charge in [0.25, 0.3) is 6.43 Å². The first-order valence-electron chi connectivity index (χ1n) is 3.85. The van der Waals surface area contributed by atoms with Crippen molar-refractivity contribution in [3.63, 3.8) is 0 Å². The Bertz CT molecular complexity index is 428. The van der Waals surface area contributed by atoms with Crippen LogP contribution in [0, 0.1) is 21.4 Å². The van der Waals surface area contributed by atoms with Crippen LogP contribution >= 0.6 is 0 Å². The Morgan fingerprint density at radius 3 is 2.80 bits per heavy atom. The number of alkyl halides is 2. The minimum atomic E-state index is -3.01. The molecule has 0 radical (unpaired) electrons. The molecule has 1 heterocycles. The molecule has 5 nitrogen and oxygen atoms in total. The fraction of sp³-hybridized carbons (Fsp3) is 0.250. The summed E-state index contributed by atoms with van der Waals surface area (Å²) in [5.41, 5.74) is -0.835. The van der Waals surface area contributed by atoms with Gasteiger partial charge in [-0.1, -0.05) is 0 Å². The van der Waals surface area contributed by atoms with Crippen LogP contribution in [-0.4, -0.2) is 9.91 Å². The minimum Gasteiger partial charge on any atom is -0.358 e. The zero-order valence-electron chi connectivity index (χ0n) is 7.35. The first-order valence-corrected chi connectivity index (χ1v) is 3.85. The third-order valence-electron chi connectivity index (χ3n) is 1.72. The summed E-state index contributed by atoms with van der Waals surface area (Å²) < 4.78 is 25.0. The molecule has 1 aromatic heterocycles. The van der Waals surface area contributed by atoms with Crippen molar-refractivity contribution >= 4 is 5.82 Å². The molecule has 0 amide bonds. The lowest BCUT2D eigenvalue weighted by molar-refractivity contribution is -0.391. The van der Waals surface area contributed by atoms with Crippen molar-refractivity contribution in [2.45, 2.75) is 12.8 Å². The Balaban J connectivity index is 3.36. The van der Waals surface area contributed by atoms with Gasteiger partial charge in [-0.2, -0.15) is 5.26 Å². The van der Waals surface area contributed by atoms with Gasteiger partial charge in [0.05, 0.1) is 12.5 Å². The van der Waals surface area contributed by atoms with Gasteiger partial charge in [-0.15, -0.1) is 0 Å². The van der Waals surface area contributed by atoms with E-state index in [1.54, 1.807) is 6.07 Å². The zero-order valence-corrected chi connectivity index (χ0v) is 7.35. The number of nitriles is 1. The lowest BCUT2D eigenvalue weighted by Crippen LogP contribution is -2.03. The topological polar surface area (TPSA) is 79.8 Å². The number of rotatable bonds is 3. The minimum absolute atomic E-state index is 0.0609. The summed E-state index contributed by atoms with van der Waals surface area (Å²) in [5.74, 6) is -0.891. The molecule has 0 saturated heterocycles. The molecular formula is C8H5F2N3O2. The van der Waals surface area contributed by atoms with E-state index in [1.807, 2.05) is 0 Å². The summed E-state index contributed by atoms with van der Waals surface area (Å²) in [6, 6.07) is 2.84. The summed E-state index contributed by atoms with van der Waals surface area (Å²) in [4.78, 5) is 12.7. The highest BCUT2D eigenvalue weighted by atomic mass is 19.3. The van der Waals surface area contributed by atoms with Crippen molar-refractivity contribution in [1.29, 1.82) is 5.26 Å². The van der Waals surface area contributed by atoms with Gasteiger partial charge >= 0.3 is 5.82 Å². The molecule has 0 aliphatic carbocycles. The molecule has 7 heteroatoms. The van der Waals surface area contributed by atoms with E-state index in [4.69, 9.17) is 5.26 Å². The van der Waals surface area contributed by atoms with Crippen molar-refractivity contribution in [3.8, 4) is 6.07 Å². The van der Waals surface area contributed by atoms with Gasteiger partial charge in [0.1, 0.15) is 11.8 Å². The summed E-state index contributed by atoms with van der Waals surface area (Å²) in [7, 11) is 0. The lowest BCUT2D eigenvalue weighted by atomic mass is 10.1. The number of hydrogen-bond donors (Lipinski definition) is 0. The molecule has 0 aromatic carbocycles. The van der Waals surface area contributed by atoms with Gasteiger partial charge < -0.3 is 10.1 Å². The van der Waals surface area contributed by atoms with Gasteiger partial charge in [-0.05, 0) is 21.5 Å². The van der Waals surface area contributed by atoms with Crippen LogP contribution in [0.15, 0.2) is 12.3 Å². The van der Waals surface area contributed by atoms with Crippen LogP contribution in [0.1, 0.15) is 17.6 Å². The SMILES string of the molecule is N#CCc1ccnc([N+](=O)[O-])c1C(F)F. The average molecular weight is 213 g/mol. The summed E-state index contributed by atoms with van der Waals surface area (Å²) in [5, 5.41) is 18.8. The van der Waals surface area contributed by atoms with Gasteiger partial charge in [0, 0.05) is 0 Å². The Morgan fingerprint density at radius 1 is 1.67 bits per heavy atom. The smallest absolute Gasteiger partial charge is 0.358 e. The first kappa shape index (κ1) is 11.0. The fourth-order valence-corrected chi connectivity index (χ4v) is 1.12. The maximum atomic E-state index is 12.5. The fourth-order valence-electron chi connectivity index (χ4n) is 1.12. The van der Waals surface area contributed by atoms with Crippen LogP contribution in [0.3, 0.4) is 0 Å². The standard InChI is InChI=1S/C8H5F2N3O2/c9-7(10)6-5(1-3-11)2-4-12-8(6)13(14)15/h2,4,7H,1H2. The van der Waals surface area contributed by atoms with Crippen molar-refractivity contribution in [1.82, 2.24) is 4.98 Å². The van der Waals surface area contributed by atoms with Crippen LogP contribution in [0.2, 0.25) is 0 Å². The second-order valence-corrected chi connectivity index (χ2v) is 2.60. The predicted molar refractivity (Wildman–Crippen MR) is 45.2 cm³/mol. The number of halogens is 2. The molecule has 1 aromatic rings. The van der Waals surface area contributed by atoms with Gasteiger partial charge in [-0.25, -0.2) is 8.78 Å². The summed E-state index contributed by atoms with van der Waals surface area (Å²) in [6.45, 7) is 0. The first-order chi connectivity index (χ1) is 7.07. The second-order valence-electron chi connectivity index (χ2n) is 2.60. The Morgan fingerprint density at radius 2 is 2.33 bits per heavy atom. The highest BCUT2D eigenvalue weighted by molar-refractivity contribution is 5.41. The quantitative estimate of drug-likeness (QED) is 0.568. The molecule has 0 atom stereocenters. The molecule has 1 rings (SSSR count). The van der Waals surface area contributed by atoms with Crippen molar-refractivity contribution in [2.24, 2.45) is 0 Å². The van der Waals surface area contributed by atoms with Gasteiger partial charge in [0.2, 0.25) is 0 Å². The molecule has 0 N–H and O–H groups in total. The van der Waals surface area contributed by atoms with Crippen molar-refractivity contribution in [3.05, 3.63) is 33.5 Å². The number of nitro groups is 1. The van der Waals surface area contributed by atoms with Crippen LogP contribution in [-0.2, 0) is 6.42 Å². The largest absolute Gasteiger partial charge is 0.372 e. The lowest BCUT2D eigenvalue weighted by Gasteiger charge is -2.04. The number of hydrogen-bond acceptors (Lipinski definition) is 4. The van der Waals surface area contributed by atoms with Gasteiger partial charge in [0.15, 0.2) is 0 Å². The van der Waals surface area contributed by atoms with E-state index >= 15 is 0 Å². The van der Waals surface area contributed by atoms with E-state index in [0.717, 1.165) is 6.20 Å². The van der Waals surface area contributed by atoms with E-state index < -0.39 is 22.7 Å². The van der Waals surface area contributed by atoms with Crippen LogP contribution < -0.4 is 0 Å². The summed E-state index contributed by atoms with van der Waals surface area (Å²) in [6.07, 6.45) is -2.28.